The molecule has 0 saturated carbocycles. The first-order valence-electron chi connectivity index (χ1n) is 7.21. The molecule has 0 bridgehead atoms. The molecular formula is C17H17BrN2O4. The number of rotatable bonds is 6. The standard InChI is InChI=1S/C17H17BrN2O4/c1-23-16(21)12-6-2-4-8-14(12)20-17(22)19-10-11-24-15-9-5-3-7-13(15)18/h2-9H,10-11H2,1H3,(H2,19,20,22). The number of urea groups is 1. The van der Waals surface area contributed by atoms with E-state index in [0.717, 1.165) is 4.47 Å². The monoisotopic (exact) mass is 392 g/mol. The van der Waals surface area contributed by atoms with Gasteiger partial charge in [-0.1, -0.05) is 24.3 Å². The first-order valence-corrected chi connectivity index (χ1v) is 8.00. The predicted molar refractivity (Wildman–Crippen MR) is 94.4 cm³/mol. The van der Waals surface area contributed by atoms with Crippen LogP contribution in [-0.2, 0) is 4.74 Å². The van der Waals surface area contributed by atoms with Crippen molar-refractivity contribution in [3.05, 3.63) is 58.6 Å². The summed E-state index contributed by atoms with van der Waals surface area (Å²) in [7, 11) is 1.29. The van der Waals surface area contributed by atoms with Crippen LogP contribution in [0.5, 0.6) is 5.75 Å². The molecule has 0 aliphatic heterocycles. The number of carbonyl (C=O) groups excluding carboxylic acids is 2. The fraction of sp³-hybridized carbons (Fsp3) is 0.176. The molecular weight excluding hydrogens is 376 g/mol. The minimum Gasteiger partial charge on any atom is -0.491 e. The summed E-state index contributed by atoms with van der Waals surface area (Å²) in [4.78, 5) is 23.6. The van der Waals surface area contributed by atoms with Crippen LogP contribution in [0.3, 0.4) is 0 Å². The van der Waals surface area contributed by atoms with Crippen molar-refractivity contribution in [3.8, 4) is 5.75 Å². The maximum Gasteiger partial charge on any atom is 0.339 e. The molecule has 0 aliphatic rings. The normalized spacial score (nSPS) is 9.92. The van der Waals surface area contributed by atoms with Gasteiger partial charge in [0.05, 0.1) is 29.4 Å². The molecule has 2 amide bonds. The summed E-state index contributed by atoms with van der Waals surface area (Å²) in [5, 5.41) is 5.28. The van der Waals surface area contributed by atoms with Crippen LogP contribution in [0.2, 0.25) is 0 Å². The average molecular weight is 393 g/mol. The maximum atomic E-state index is 11.9. The van der Waals surface area contributed by atoms with Crippen LogP contribution >= 0.6 is 15.9 Å². The van der Waals surface area contributed by atoms with Gasteiger partial charge in [0, 0.05) is 0 Å². The van der Waals surface area contributed by atoms with Crippen molar-refractivity contribution in [1.29, 1.82) is 0 Å². The third-order valence-electron chi connectivity index (χ3n) is 3.06. The first kappa shape index (κ1) is 17.8. The minimum atomic E-state index is -0.511. The van der Waals surface area contributed by atoms with Crippen LogP contribution < -0.4 is 15.4 Å². The summed E-state index contributed by atoms with van der Waals surface area (Å²) >= 11 is 3.38. The second kappa shape index (κ2) is 8.93. The highest BCUT2D eigenvalue weighted by molar-refractivity contribution is 9.10. The molecule has 0 spiro atoms. The van der Waals surface area contributed by atoms with Crippen molar-refractivity contribution in [2.24, 2.45) is 0 Å². The largest absolute Gasteiger partial charge is 0.491 e. The van der Waals surface area contributed by atoms with Gasteiger partial charge in [-0.3, -0.25) is 0 Å². The molecule has 2 aromatic rings. The van der Waals surface area contributed by atoms with Gasteiger partial charge in [0.1, 0.15) is 12.4 Å². The number of ether oxygens (including phenoxy) is 2. The summed E-state index contributed by atoms with van der Waals surface area (Å²) in [6.45, 7) is 0.627. The average Bonchev–Trinajstić information content (AvgIpc) is 2.60. The van der Waals surface area contributed by atoms with Gasteiger partial charge < -0.3 is 20.1 Å². The minimum absolute atomic E-state index is 0.291. The predicted octanol–water partition coefficient (Wildman–Crippen LogP) is 3.44. The number of esters is 1. The number of hydrogen-bond donors (Lipinski definition) is 2. The number of halogens is 1. The Balaban J connectivity index is 1.82. The topological polar surface area (TPSA) is 76.7 Å². The number of methoxy groups -OCH3 is 1. The highest BCUT2D eigenvalue weighted by atomic mass is 79.9. The highest BCUT2D eigenvalue weighted by Gasteiger charge is 2.12. The van der Waals surface area contributed by atoms with E-state index in [1.165, 1.54) is 7.11 Å². The van der Waals surface area contributed by atoms with E-state index >= 15 is 0 Å². The Kier molecular flexibility index (Phi) is 6.62. The molecule has 2 rings (SSSR count). The summed E-state index contributed by atoms with van der Waals surface area (Å²) < 4.78 is 11.1. The second-order valence-electron chi connectivity index (χ2n) is 4.70. The second-order valence-corrected chi connectivity index (χ2v) is 5.55. The van der Waals surface area contributed by atoms with Crippen LogP contribution in [0.1, 0.15) is 10.4 Å². The van der Waals surface area contributed by atoms with E-state index < -0.39 is 12.0 Å². The smallest absolute Gasteiger partial charge is 0.339 e. The third-order valence-corrected chi connectivity index (χ3v) is 3.72. The fourth-order valence-corrected chi connectivity index (χ4v) is 2.33. The van der Waals surface area contributed by atoms with Gasteiger partial charge in [-0.15, -0.1) is 0 Å². The van der Waals surface area contributed by atoms with Crippen molar-refractivity contribution < 1.29 is 19.1 Å². The van der Waals surface area contributed by atoms with Crippen molar-refractivity contribution in [2.45, 2.75) is 0 Å². The number of amides is 2. The van der Waals surface area contributed by atoms with Gasteiger partial charge in [-0.05, 0) is 40.2 Å². The molecule has 0 aliphatic carbocycles. The summed E-state index contributed by atoms with van der Waals surface area (Å²) in [5.74, 6) is 0.193. The lowest BCUT2D eigenvalue weighted by Crippen LogP contribution is -2.32. The van der Waals surface area contributed by atoms with Gasteiger partial charge in [-0.2, -0.15) is 0 Å². The number of para-hydroxylation sites is 2. The van der Waals surface area contributed by atoms with E-state index in [1.807, 2.05) is 24.3 Å². The van der Waals surface area contributed by atoms with Crippen molar-refractivity contribution >= 4 is 33.6 Å². The fourth-order valence-electron chi connectivity index (χ4n) is 1.93. The van der Waals surface area contributed by atoms with E-state index in [-0.39, 0.29) is 0 Å². The van der Waals surface area contributed by atoms with Crippen LogP contribution in [0, 0.1) is 0 Å². The molecule has 0 radical (unpaired) electrons. The van der Waals surface area contributed by atoms with Crippen molar-refractivity contribution in [3.63, 3.8) is 0 Å². The van der Waals surface area contributed by atoms with E-state index in [0.29, 0.717) is 30.2 Å². The number of nitrogens with one attached hydrogen (secondary N) is 2. The van der Waals surface area contributed by atoms with Gasteiger partial charge in [0.25, 0.3) is 0 Å². The molecule has 7 heteroatoms. The quantitative estimate of drug-likeness (QED) is 0.583. The highest BCUT2D eigenvalue weighted by Crippen LogP contribution is 2.23. The summed E-state index contributed by atoms with van der Waals surface area (Å²) in [5.41, 5.74) is 0.674. The molecule has 0 saturated heterocycles. The Morgan fingerprint density at radius 3 is 2.54 bits per heavy atom. The molecule has 0 atom stereocenters. The molecule has 0 aromatic heterocycles. The zero-order chi connectivity index (χ0) is 17.4. The molecule has 24 heavy (non-hydrogen) atoms. The van der Waals surface area contributed by atoms with Crippen LogP contribution in [0.25, 0.3) is 0 Å². The zero-order valence-electron chi connectivity index (χ0n) is 13.0. The number of hydrogen-bond acceptors (Lipinski definition) is 4. The SMILES string of the molecule is COC(=O)c1ccccc1NC(=O)NCCOc1ccccc1Br. The molecule has 2 N–H and O–H groups in total. The van der Waals surface area contributed by atoms with Crippen LogP contribution in [0.15, 0.2) is 53.0 Å². The Hall–Kier alpha value is -2.54. The van der Waals surface area contributed by atoms with Gasteiger partial charge >= 0.3 is 12.0 Å². The number of carbonyl (C=O) groups is 2. The van der Waals surface area contributed by atoms with Crippen LogP contribution in [-0.4, -0.2) is 32.3 Å². The van der Waals surface area contributed by atoms with E-state index in [2.05, 4.69) is 31.3 Å². The summed E-state index contributed by atoms with van der Waals surface area (Å²) in [6.07, 6.45) is 0. The van der Waals surface area contributed by atoms with Crippen molar-refractivity contribution in [1.82, 2.24) is 5.32 Å². The Bertz CT molecular complexity index is 721. The number of benzene rings is 2. The molecule has 0 heterocycles. The third kappa shape index (κ3) is 4.99. The first-order chi connectivity index (χ1) is 11.6. The zero-order valence-corrected chi connectivity index (χ0v) is 14.6. The van der Waals surface area contributed by atoms with Crippen LogP contribution in [0.4, 0.5) is 10.5 Å². The van der Waals surface area contributed by atoms with Gasteiger partial charge in [0.2, 0.25) is 0 Å². The van der Waals surface area contributed by atoms with Gasteiger partial charge in [-0.25, -0.2) is 9.59 Å². The van der Waals surface area contributed by atoms with Gasteiger partial charge in [0.15, 0.2) is 0 Å². The lowest BCUT2D eigenvalue weighted by molar-refractivity contribution is 0.0602. The molecule has 0 fully saturated rings. The van der Waals surface area contributed by atoms with Crippen molar-refractivity contribution in [2.75, 3.05) is 25.6 Å². The Morgan fingerprint density at radius 1 is 1.08 bits per heavy atom. The van der Waals surface area contributed by atoms with E-state index in [1.54, 1.807) is 24.3 Å². The molecule has 0 unspecified atom stereocenters. The number of anilines is 1. The maximum absolute atomic E-state index is 11.9. The van der Waals surface area contributed by atoms with E-state index in [4.69, 9.17) is 4.74 Å². The Labute approximate surface area is 148 Å². The summed E-state index contributed by atoms with van der Waals surface area (Å²) in [6, 6.07) is 13.7. The molecule has 2 aromatic carbocycles. The molecule has 6 nitrogen and oxygen atoms in total. The Morgan fingerprint density at radius 2 is 1.79 bits per heavy atom. The lowest BCUT2D eigenvalue weighted by Gasteiger charge is -2.11. The lowest BCUT2D eigenvalue weighted by atomic mass is 10.2. The molecule has 126 valence electrons. The van der Waals surface area contributed by atoms with E-state index in [9.17, 15) is 9.59 Å².